The van der Waals surface area contributed by atoms with Gasteiger partial charge < -0.3 is 9.53 Å². The topological polar surface area (TPSA) is 29.5 Å². The molecule has 0 spiro atoms. The Morgan fingerprint density at radius 1 is 1.00 bits per heavy atom. The third-order valence-corrected chi connectivity index (χ3v) is 9.00. The fraction of sp³-hybridized carbons (Fsp3) is 0.667. The molecule has 0 aromatic heterocycles. The third-order valence-electron chi connectivity index (χ3n) is 3.82. The highest BCUT2D eigenvalue weighted by Gasteiger charge is 2.35. The average molecular weight is 309 g/mol. The second kappa shape index (κ2) is 8.59. The fourth-order valence-electron chi connectivity index (χ4n) is 3.31. The number of hydrogen-bond acceptors (Lipinski definition) is 2. The fourth-order valence-corrected chi connectivity index (χ4v) is 8.59. The standard InChI is InChI=1S/C18H32O2Si/c1-6-20-21(13-15(2)3,14-16(4)5)12-11-17-7-9-18(19)10-8-17/h7-10,15-16,19H,6,11-14H2,1-5H3. The average Bonchev–Trinajstić information content (AvgIpc) is 2.37. The normalized spacial score (nSPS) is 12.3. The number of hydrogen-bond donors (Lipinski definition) is 1. The van der Waals surface area contributed by atoms with E-state index in [1.54, 1.807) is 12.1 Å². The maximum Gasteiger partial charge on any atom is 0.193 e. The van der Waals surface area contributed by atoms with E-state index in [1.807, 2.05) is 12.1 Å². The zero-order chi connectivity index (χ0) is 15.9. The predicted molar refractivity (Wildman–Crippen MR) is 93.3 cm³/mol. The number of phenolic OH excluding ortho intramolecular Hbond substituents is 1. The van der Waals surface area contributed by atoms with Gasteiger partial charge in [-0.25, -0.2) is 0 Å². The van der Waals surface area contributed by atoms with Gasteiger partial charge in [-0.05, 0) is 61.0 Å². The van der Waals surface area contributed by atoms with E-state index in [0.717, 1.165) is 13.0 Å². The summed E-state index contributed by atoms with van der Waals surface area (Å²) in [5, 5.41) is 9.39. The van der Waals surface area contributed by atoms with Crippen LogP contribution in [-0.4, -0.2) is 20.0 Å². The van der Waals surface area contributed by atoms with Crippen LogP contribution in [0.5, 0.6) is 5.75 Å². The maximum absolute atomic E-state index is 9.39. The minimum Gasteiger partial charge on any atom is -0.508 e. The minimum absolute atomic E-state index is 0.344. The molecule has 1 aromatic rings. The number of rotatable bonds is 9. The molecule has 21 heavy (non-hydrogen) atoms. The minimum atomic E-state index is -1.68. The van der Waals surface area contributed by atoms with Crippen molar-refractivity contribution in [3.8, 4) is 5.75 Å². The number of phenols is 1. The summed E-state index contributed by atoms with van der Waals surface area (Å²) in [6, 6.07) is 11.3. The van der Waals surface area contributed by atoms with E-state index < -0.39 is 8.32 Å². The van der Waals surface area contributed by atoms with Crippen LogP contribution in [0.2, 0.25) is 18.1 Å². The summed E-state index contributed by atoms with van der Waals surface area (Å²) in [6.45, 7) is 12.2. The molecule has 1 rings (SSSR count). The molecule has 0 aliphatic rings. The molecular weight excluding hydrogens is 276 g/mol. The van der Waals surface area contributed by atoms with Crippen LogP contribution in [-0.2, 0) is 10.8 Å². The van der Waals surface area contributed by atoms with Gasteiger partial charge in [0.05, 0.1) is 0 Å². The summed E-state index contributed by atoms with van der Waals surface area (Å²) in [5.74, 6) is 1.74. The highest BCUT2D eigenvalue weighted by molar-refractivity contribution is 6.74. The van der Waals surface area contributed by atoms with Crippen molar-refractivity contribution in [3.63, 3.8) is 0 Å². The smallest absolute Gasteiger partial charge is 0.193 e. The van der Waals surface area contributed by atoms with Crippen LogP contribution in [0.25, 0.3) is 0 Å². The monoisotopic (exact) mass is 308 g/mol. The van der Waals surface area contributed by atoms with Gasteiger partial charge >= 0.3 is 0 Å². The van der Waals surface area contributed by atoms with Crippen molar-refractivity contribution in [2.75, 3.05) is 6.61 Å². The lowest BCUT2D eigenvalue weighted by atomic mass is 10.2. The van der Waals surface area contributed by atoms with Gasteiger partial charge in [0.2, 0.25) is 0 Å². The Kier molecular flexibility index (Phi) is 7.47. The van der Waals surface area contributed by atoms with Gasteiger partial charge in [0.1, 0.15) is 5.75 Å². The van der Waals surface area contributed by atoms with Crippen LogP contribution >= 0.6 is 0 Å². The lowest BCUT2D eigenvalue weighted by Gasteiger charge is -2.34. The molecule has 0 saturated carbocycles. The highest BCUT2D eigenvalue weighted by Crippen LogP contribution is 2.31. The number of aryl methyl sites for hydroxylation is 1. The Hall–Kier alpha value is -0.803. The second-order valence-electron chi connectivity index (χ2n) is 6.98. The van der Waals surface area contributed by atoms with Crippen LogP contribution in [0.1, 0.15) is 40.2 Å². The molecule has 3 heteroatoms. The molecule has 0 unspecified atom stereocenters. The van der Waals surface area contributed by atoms with Crippen molar-refractivity contribution in [1.29, 1.82) is 0 Å². The quantitative estimate of drug-likeness (QED) is 0.633. The number of benzene rings is 1. The van der Waals surface area contributed by atoms with Crippen LogP contribution in [0, 0.1) is 11.8 Å². The van der Waals surface area contributed by atoms with Gasteiger partial charge in [0.25, 0.3) is 0 Å². The van der Waals surface area contributed by atoms with Crippen LogP contribution in [0.15, 0.2) is 24.3 Å². The lowest BCUT2D eigenvalue weighted by Crippen LogP contribution is -2.41. The predicted octanol–water partition coefficient (Wildman–Crippen LogP) is 5.23. The van der Waals surface area contributed by atoms with E-state index in [2.05, 4.69) is 34.6 Å². The Labute approximate surface area is 131 Å². The lowest BCUT2D eigenvalue weighted by molar-refractivity contribution is 0.308. The van der Waals surface area contributed by atoms with Crippen molar-refractivity contribution < 1.29 is 9.53 Å². The van der Waals surface area contributed by atoms with Gasteiger partial charge in [-0.1, -0.05) is 39.8 Å². The van der Waals surface area contributed by atoms with Crippen LogP contribution in [0.4, 0.5) is 0 Å². The summed E-state index contributed by atoms with van der Waals surface area (Å²) in [5.41, 5.74) is 1.30. The van der Waals surface area contributed by atoms with E-state index in [9.17, 15) is 5.11 Å². The largest absolute Gasteiger partial charge is 0.508 e. The SMILES string of the molecule is CCO[Si](CCc1ccc(O)cc1)(CC(C)C)CC(C)C. The molecule has 0 atom stereocenters. The zero-order valence-electron chi connectivity index (χ0n) is 14.4. The molecule has 0 bridgehead atoms. The molecule has 0 fully saturated rings. The van der Waals surface area contributed by atoms with Gasteiger partial charge in [-0.2, -0.15) is 0 Å². The van der Waals surface area contributed by atoms with Gasteiger partial charge in [-0.15, -0.1) is 0 Å². The van der Waals surface area contributed by atoms with Crippen LogP contribution < -0.4 is 0 Å². The van der Waals surface area contributed by atoms with Crippen LogP contribution in [0.3, 0.4) is 0 Å². The van der Waals surface area contributed by atoms with Gasteiger partial charge in [0.15, 0.2) is 8.32 Å². The molecule has 1 aromatic carbocycles. The molecule has 0 saturated heterocycles. The first-order valence-electron chi connectivity index (χ1n) is 8.28. The van der Waals surface area contributed by atoms with E-state index in [4.69, 9.17) is 4.43 Å². The molecule has 2 nitrogen and oxygen atoms in total. The Morgan fingerprint density at radius 3 is 1.95 bits per heavy atom. The van der Waals surface area contributed by atoms with E-state index in [1.165, 1.54) is 23.7 Å². The van der Waals surface area contributed by atoms with Crippen molar-refractivity contribution >= 4 is 8.32 Å². The third kappa shape index (κ3) is 6.66. The summed E-state index contributed by atoms with van der Waals surface area (Å²) in [6.07, 6.45) is 1.06. The molecule has 0 amide bonds. The summed E-state index contributed by atoms with van der Waals surface area (Å²) in [4.78, 5) is 0. The van der Waals surface area contributed by atoms with Crippen molar-refractivity contribution in [2.45, 2.75) is 59.2 Å². The van der Waals surface area contributed by atoms with E-state index >= 15 is 0 Å². The molecule has 0 aliphatic heterocycles. The van der Waals surface area contributed by atoms with Crippen molar-refractivity contribution in [1.82, 2.24) is 0 Å². The molecule has 1 N–H and O–H groups in total. The van der Waals surface area contributed by atoms with E-state index in [0.29, 0.717) is 17.6 Å². The maximum atomic E-state index is 9.39. The molecule has 0 aliphatic carbocycles. The van der Waals surface area contributed by atoms with Gasteiger partial charge in [0, 0.05) is 6.61 Å². The second-order valence-corrected chi connectivity index (χ2v) is 10.9. The first-order valence-corrected chi connectivity index (χ1v) is 10.8. The molecule has 0 heterocycles. The zero-order valence-corrected chi connectivity index (χ0v) is 15.4. The summed E-state index contributed by atoms with van der Waals surface area (Å²) >= 11 is 0. The molecule has 120 valence electrons. The summed E-state index contributed by atoms with van der Waals surface area (Å²) in [7, 11) is -1.68. The van der Waals surface area contributed by atoms with Crippen molar-refractivity contribution in [2.24, 2.45) is 11.8 Å². The Bertz CT molecular complexity index is 388. The van der Waals surface area contributed by atoms with E-state index in [-0.39, 0.29) is 0 Å². The first-order chi connectivity index (χ1) is 9.87. The molecular formula is C18H32O2Si. The molecule has 0 radical (unpaired) electrons. The first kappa shape index (κ1) is 18.2. The Morgan fingerprint density at radius 2 is 1.52 bits per heavy atom. The van der Waals surface area contributed by atoms with Gasteiger partial charge in [-0.3, -0.25) is 0 Å². The highest BCUT2D eigenvalue weighted by atomic mass is 28.4. The van der Waals surface area contributed by atoms with Crippen molar-refractivity contribution in [3.05, 3.63) is 29.8 Å². The Balaban J connectivity index is 2.80. The number of aromatic hydroxyl groups is 1. The summed E-state index contributed by atoms with van der Waals surface area (Å²) < 4.78 is 6.39.